The highest BCUT2D eigenvalue weighted by atomic mass is 32.2. The summed E-state index contributed by atoms with van der Waals surface area (Å²) in [4.78, 5) is 1.25. The van der Waals surface area contributed by atoms with E-state index in [1.807, 2.05) is 24.8 Å². The van der Waals surface area contributed by atoms with Crippen molar-refractivity contribution in [1.29, 1.82) is 0 Å². The van der Waals surface area contributed by atoms with Crippen molar-refractivity contribution in [2.75, 3.05) is 25.4 Å². The number of furan rings is 1. The Balaban J connectivity index is 1.90. The zero-order chi connectivity index (χ0) is 12.5. The fraction of sp³-hybridized carbons (Fsp3) is 0.692. The van der Waals surface area contributed by atoms with Crippen LogP contribution in [0.3, 0.4) is 0 Å². The summed E-state index contributed by atoms with van der Waals surface area (Å²) in [7, 11) is 0. The van der Waals surface area contributed by atoms with E-state index in [2.05, 4.69) is 19.2 Å². The second-order valence-corrected chi connectivity index (χ2v) is 5.35. The van der Waals surface area contributed by atoms with Crippen LogP contribution in [-0.4, -0.2) is 31.6 Å². The van der Waals surface area contributed by atoms with Crippen molar-refractivity contribution < 1.29 is 9.15 Å². The van der Waals surface area contributed by atoms with Gasteiger partial charge in [-0.3, -0.25) is 0 Å². The van der Waals surface area contributed by atoms with E-state index in [1.165, 1.54) is 4.90 Å². The van der Waals surface area contributed by atoms with Crippen molar-refractivity contribution in [2.45, 2.75) is 38.2 Å². The van der Waals surface area contributed by atoms with Crippen molar-refractivity contribution >= 4 is 11.8 Å². The van der Waals surface area contributed by atoms with Crippen molar-refractivity contribution in [3.05, 3.63) is 18.1 Å². The monoisotopic (exact) mass is 257 g/mol. The van der Waals surface area contributed by atoms with E-state index < -0.39 is 0 Å². The molecule has 0 aliphatic heterocycles. The molecule has 0 unspecified atom stereocenters. The van der Waals surface area contributed by atoms with Gasteiger partial charge in [-0.05, 0) is 39.8 Å². The van der Waals surface area contributed by atoms with Crippen LogP contribution in [-0.2, 0) is 4.74 Å². The third-order valence-corrected chi connectivity index (χ3v) is 3.44. The molecular formula is C13H23NO2S. The molecule has 98 valence electrons. The predicted molar refractivity (Wildman–Crippen MR) is 72.7 cm³/mol. The first kappa shape index (κ1) is 14.6. The molecule has 1 N–H and O–H groups in total. The van der Waals surface area contributed by atoms with Gasteiger partial charge in [0.2, 0.25) is 0 Å². The molecule has 0 spiro atoms. The van der Waals surface area contributed by atoms with Crippen LogP contribution in [0.4, 0.5) is 0 Å². The highest BCUT2D eigenvalue weighted by Crippen LogP contribution is 2.22. The minimum Gasteiger partial charge on any atom is -0.468 e. The number of aryl methyl sites for hydroxylation is 1. The van der Waals surface area contributed by atoms with E-state index >= 15 is 0 Å². The molecule has 0 aliphatic rings. The van der Waals surface area contributed by atoms with Crippen LogP contribution in [0.15, 0.2) is 21.6 Å². The van der Waals surface area contributed by atoms with Crippen LogP contribution in [0.25, 0.3) is 0 Å². The van der Waals surface area contributed by atoms with Gasteiger partial charge in [0.1, 0.15) is 5.76 Å². The van der Waals surface area contributed by atoms with Crippen molar-refractivity contribution in [1.82, 2.24) is 5.32 Å². The fourth-order valence-corrected chi connectivity index (χ4v) is 2.27. The summed E-state index contributed by atoms with van der Waals surface area (Å²) in [5.41, 5.74) is 0. The Morgan fingerprint density at radius 1 is 1.41 bits per heavy atom. The lowest BCUT2D eigenvalue weighted by Crippen LogP contribution is -2.20. The lowest BCUT2D eigenvalue weighted by atomic mass is 10.4. The molecular weight excluding hydrogens is 234 g/mol. The maximum atomic E-state index is 5.47. The maximum absolute atomic E-state index is 5.47. The molecule has 4 heteroatoms. The number of thioether (sulfide) groups is 1. The minimum atomic E-state index is 0.342. The average Bonchev–Trinajstić information content (AvgIpc) is 2.68. The van der Waals surface area contributed by atoms with Crippen molar-refractivity contribution in [2.24, 2.45) is 0 Å². The quantitative estimate of drug-likeness (QED) is 0.544. The van der Waals surface area contributed by atoms with Gasteiger partial charge in [-0.15, -0.1) is 11.8 Å². The largest absolute Gasteiger partial charge is 0.468 e. The third kappa shape index (κ3) is 6.76. The third-order valence-electron chi connectivity index (χ3n) is 2.30. The summed E-state index contributed by atoms with van der Waals surface area (Å²) in [6.45, 7) is 9.03. The summed E-state index contributed by atoms with van der Waals surface area (Å²) in [6, 6.07) is 2.02. The van der Waals surface area contributed by atoms with Crippen molar-refractivity contribution in [3.63, 3.8) is 0 Å². The van der Waals surface area contributed by atoms with Gasteiger partial charge < -0.3 is 14.5 Å². The Morgan fingerprint density at radius 3 is 2.88 bits per heavy atom. The molecule has 1 aromatic heterocycles. The van der Waals surface area contributed by atoms with Crippen LogP contribution < -0.4 is 5.32 Å². The Morgan fingerprint density at radius 2 is 2.24 bits per heavy atom. The Kier molecular flexibility index (Phi) is 7.40. The Labute approximate surface area is 108 Å². The topological polar surface area (TPSA) is 34.4 Å². The zero-order valence-electron chi connectivity index (χ0n) is 11.0. The van der Waals surface area contributed by atoms with Gasteiger partial charge >= 0.3 is 0 Å². The molecule has 0 aliphatic carbocycles. The number of hydrogen-bond donors (Lipinski definition) is 1. The van der Waals surface area contributed by atoms with Gasteiger partial charge in [-0.1, -0.05) is 0 Å². The highest BCUT2D eigenvalue weighted by molar-refractivity contribution is 7.99. The first-order valence-corrected chi connectivity index (χ1v) is 7.18. The second-order valence-electron chi connectivity index (χ2n) is 4.21. The van der Waals surface area contributed by atoms with E-state index in [-0.39, 0.29) is 0 Å². The molecule has 1 aromatic rings. The zero-order valence-corrected chi connectivity index (χ0v) is 11.8. The van der Waals surface area contributed by atoms with E-state index in [0.29, 0.717) is 6.10 Å². The number of nitrogens with one attached hydrogen (secondary N) is 1. The average molecular weight is 257 g/mol. The molecule has 0 fully saturated rings. The van der Waals surface area contributed by atoms with E-state index in [0.717, 1.165) is 37.6 Å². The van der Waals surface area contributed by atoms with Gasteiger partial charge in [0, 0.05) is 23.8 Å². The smallest absolute Gasteiger partial charge is 0.114 e. The number of hydrogen-bond acceptors (Lipinski definition) is 4. The molecule has 0 bridgehead atoms. The highest BCUT2D eigenvalue weighted by Gasteiger charge is 2.00. The molecule has 0 atom stereocenters. The molecule has 3 nitrogen and oxygen atoms in total. The Hall–Kier alpha value is -0.450. The summed E-state index contributed by atoms with van der Waals surface area (Å²) in [5, 5.41) is 3.41. The van der Waals surface area contributed by atoms with E-state index in [4.69, 9.17) is 9.15 Å². The molecule has 0 radical (unpaired) electrons. The van der Waals surface area contributed by atoms with Gasteiger partial charge in [0.05, 0.1) is 12.4 Å². The summed E-state index contributed by atoms with van der Waals surface area (Å²) < 4.78 is 10.7. The van der Waals surface area contributed by atoms with Crippen LogP contribution in [0.1, 0.15) is 26.0 Å². The van der Waals surface area contributed by atoms with Crippen LogP contribution in [0, 0.1) is 6.92 Å². The molecule has 1 heterocycles. The first-order chi connectivity index (χ1) is 8.20. The SMILES string of the molecule is Cc1occc1SCCNCCCOC(C)C. The summed E-state index contributed by atoms with van der Waals surface area (Å²) in [6.07, 6.45) is 3.16. The van der Waals surface area contributed by atoms with E-state index in [1.54, 1.807) is 6.26 Å². The molecule has 1 rings (SSSR count). The van der Waals surface area contributed by atoms with Crippen LogP contribution in [0.5, 0.6) is 0 Å². The summed E-state index contributed by atoms with van der Waals surface area (Å²) >= 11 is 1.83. The Bertz CT molecular complexity index is 299. The standard InChI is InChI=1S/C13H23NO2S/c1-11(2)15-8-4-6-14-7-10-17-13-5-9-16-12(13)3/h5,9,11,14H,4,6-8,10H2,1-3H3. The lowest BCUT2D eigenvalue weighted by Gasteiger charge is -2.07. The molecule has 0 aromatic carbocycles. The van der Waals surface area contributed by atoms with Crippen LogP contribution in [0.2, 0.25) is 0 Å². The van der Waals surface area contributed by atoms with Gasteiger partial charge in [-0.2, -0.15) is 0 Å². The van der Waals surface area contributed by atoms with Gasteiger partial charge in [-0.25, -0.2) is 0 Å². The number of ether oxygens (including phenoxy) is 1. The normalized spacial score (nSPS) is 11.3. The van der Waals surface area contributed by atoms with Crippen LogP contribution >= 0.6 is 11.8 Å². The molecule has 17 heavy (non-hydrogen) atoms. The molecule has 0 amide bonds. The first-order valence-electron chi connectivity index (χ1n) is 6.19. The van der Waals surface area contributed by atoms with Gasteiger partial charge in [0.15, 0.2) is 0 Å². The minimum absolute atomic E-state index is 0.342. The number of rotatable bonds is 9. The van der Waals surface area contributed by atoms with Crippen molar-refractivity contribution in [3.8, 4) is 0 Å². The molecule has 0 saturated carbocycles. The fourth-order valence-electron chi connectivity index (χ4n) is 1.40. The van der Waals surface area contributed by atoms with E-state index in [9.17, 15) is 0 Å². The second kappa shape index (κ2) is 8.61. The summed E-state index contributed by atoms with van der Waals surface area (Å²) in [5.74, 6) is 2.09. The lowest BCUT2D eigenvalue weighted by molar-refractivity contribution is 0.0772. The predicted octanol–water partition coefficient (Wildman–Crippen LogP) is 3.08. The molecule has 0 saturated heterocycles. The maximum Gasteiger partial charge on any atom is 0.114 e. The van der Waals surface area contributed by atoms with Gasteiger partial charge in [0.25, 0.3) is 0 Å².